The fourth-order valence-electron chi connectivity index (χ4n) is 2.12. The van der Waals surface area contributed by atoms with Gasteiger partial charge in [-0.3, -0.25) is 4.72 Å². The molecule has 0 aliphatic rings. The lowest BCUT2D eigenvalue weighted by Crippen LogP contribution is -2.15. The van der Waals surface area contributed by atoms with E-state index in [0.29, 0.717) is 10.7 Å². The van der Waals surface area contributed by atoms with Crippen LogP contribution in [-0.2, 0) is 10.0 Å². The summed E-state index contributed by atoms with van der Waals surface area (Å²) in [5, 5.41) is 0.456. The molecule has 0 saturated carbocycles. The van der Waals surface area contributed by atoms with Crippen LogP contribution in [0.4, 0.5) is 5.69 Å². The standard InChI is InChI=1S/C16H17Cl2NO2S/c1-3-11(2)13-6-4-5-7-15(13)19-22(20,21)16-10-12(17)8-9-14(16)18/h4-11,19H,3H2,1-2H3/t11-/m1/s1. The van der Waals surface area contributed by atoms with Crippen LogP contribution >= 0.6 is 23.2 Å². The maximum atomic E-state index is 12.6. The first kappa shape index (κ1) is 17.1. The molecule has 2 rings (SSSR count). The number of halogens is 2. The Labute approximate surface area is 141 Å². The molecule has 1 atom stereocenters. The first-order valence-corrected chi connectivity index (χ1v) is 9.16. The van der Waals surface area contributed by atoms with Gasteiger partial charge in [0.25, 0.3) is 10.0 Å². The minimum atomic E-state index is -3.80. The number of hydrogen-bond acceptors (Lipinski definition) is 2. The molecule has 22 heavy (non-hydrogen) atoms. The highest BCUT2D eigenvalue weighted by Crippen LogP contribution is 2.31. The fourth-order valence-corrected chi connectivity index (χ4v) is 3.97. The molecular formula is C16H17Cl2NO2S. The maximum Gasteiger partial charge on any atom is 0.263 e. The Balaban J connectivity index is 2.44. The third-order valence-electron chi connectivity index (χ3n) is 3.53. The second kappa shape index (κ2) is 6.90. The molecule has 3 nitrogen and oxygen atoms in total. The van der Waals surface area contributed by atoms with Crippen molar-refractivity contribution >= 4 is 38.9 Å². The van der Waals surface area contributed by atoms with Gasteiger partial charge >= 0.3 is 0 Å². The van der Waals surface area contributed by atoms with Crippen LogP contribution in [0.3, 0.4) is 0 Å². The van der Waals surface area contributed by atoms with E-state index in [2.05, 4.69) is 18.6 Å². The van der Waals surface area contributed by atoms with Crippen molar-refractivity contribution in [1.29, 1.82) is 0 Å². The van der Waals surface area contributed by atoms with E-state index in [4.69, 9.17) is 23.2 Å². The number of benzene rings is 2. The van der Waals surface area contributed by atoms with E-state index >= 15 is 0 Å². The summed E-state index contributed by atoms with van der Waals surface area (Å²) in [4.78, 5) is -0.0272. The SMILES string of the molecule is CC[C@@H](C)c1ccccc1NS(=O)(=O)c1cc(Cl)ccc1Cl. The molecule has 2 aromatic rings. The van der Waals surface area contributed by atoms with Crippen LogP contribution in [0.25, 0.3) is 0 Å². The summed E-state index contributed by atoms with van der Waals surface area (Å²) in [6, 6.07) is 11.7. The monoisotopic (exact) mass is 357 g/mol. The summed E-state index contributed by atoms with van der Waals surface area (Å²) in [6.45, 7) is 4.11. The summed E-state index contributed by atoms with van der Waals surface area (Å²) in [5.41, 5.74) is 1.51. The normalized spacial score (nSPS) is 12.9. The quantitative estimate of drug-likeness (QED) is 0.788. The lowest BCUT2D eigenvalue weighted by molar-refractivity contribution is 0.601. The van der Waals surface area contributed by atoms with Crippen molar-refractivity contribution < 1.29 is 8.42 Å². The lowest BCUT2D eigenvalue weighted by atomic mass is 9.97. The van der Waals surface area contributed by atoms with Gasteiger partial charge in [-0.15, -0.1) is 0 Å². The van der Waals surface area contributed by atoms with Gasteiger partial charge in [-0.1, -0.05) is 55.2 Å². The van der Waals surface area contributed by atoms with E-state index < -0.39 is 10.0 Å². The first-order valence-electron chi connectivity index (χ1n) is 6.92. The van der Waals surface area contributed by atoms with Gasteiger partial charge in [-0.05, 0) is 42.2 Å². The van der Waals surface area contributed by atoms with Crippen LogP contribution in [-0.4, -0.2) is 8.42 Å². The van der Waals surface area contributed by atoms with E-state index in [1.807, 2.05) is 12.1 Å². The Morgan fingerprint density at radius 2 is 1.82 bits per heavy atom. The summed E-state index contributed by atoms with van der Waals surface area (Å²) < 4.78 is 27.8. The Bertz CT molecular complexity index is 775. The second-order valence-corrected chi connectivity index (χ2v) is 7.57. The molecule has 2 aromatic carbocycles. The van der Waals surface area contributed by atoms with Crippen LogP contribution in [0.5, 0.6) is 0 Å². The first-order chi connectivity index (χ1) is 10.3. The number of rotatable bonds is 5. The molecule has 118 valence electrons. The van der Waals surface area contributed by atoms with Gasteiger partial charge in [0.2, 0.25) is 0 Å². The molecule has 0 unspecified atom stereocenters. The van der Waals surface area contributed by atoms with Crippen molar-refractivity contribution in [2.45, 2.75) is 31.1 Å². The summed E-state index contributed by atoms with van der Waals surface area (Å²) in [6.07, 6.45) is 0.913. The molecule has 0 aromatic heterocycles. The molecule has 0 amide bonds. The minimum Gasteiger partial charge on any atom is -0.279 e. The van der Waals surface area contributed by atoms with Crippen LogP contribution in [0.15, 0.2) is 47.4 Å². The summed E-state index contributed by atoms with van der Waals surface area (Å²) in [7, 11) is -3.80. The van der Waals surface area contributed by atoms with Crippen molar-refractivity contribution in [1.82, 2.24) is 0 Å². The molecule has 6 heteroatoms. The van der Waals surface area contributed by atoms with Crippen molar-refractivity contribution in [3.8, 4) is 0 Å². The third-order valence-corrected chi connectivity index (χ3v) is 5.61. The Morgan fingerprint density at radius 3 is 2.50 bits per heavy atom. The zero-order valence-corrected chi connectivity index (χ0v) is 14.6. The molecule has 0 aliphatic carbocycles. The van der Waals surface area contributed by atoms with Crippen molar-refractivity contribution in [3.63, 3.8) is 0 Å². The largest absolute Gasteiger partial charge is 0.279 e. The highest BCUT2D eigenvalue weighted by molar-refractivity contribution is 7.92. The van der Waals surface area contributed by atoms with Crippen molar-refractivity contribution in [2.75, 3.05) is 4.72 Å². The van der Waals surface area contributed by atoms with Gasteiger partial charge in [0.1, 0.15) is 4.90 Å². The zero-order chi connectivity index (χ0) is 16.3. The molecular weight excluding hydrogens is 341 g/mol. The van der Waals surface area contributed by atoms with Crippen molar-refractivity contribution in [3.05, 3.63) is 58.1 Å². The number of hydrogen-bond donors (Lipinski definition) is 1. The van der Waals surface area contributed by atoms with Gasteiger partial charge in [0, 0.05) is 5.02 Å². The van der Waals surface area contributed by atoms with E-state index in [-0.39, 0.29) is 15.8 Å². The van der Waals surface area contributed by atoms with E-state index in [0.717, 1.165) is 12.0 Å². The van der Waals surface area contributed by atoms with Crippen LogP contribution in [0, 0.1) is 0 Å². The zero-order valence-electron chi connectivity index (χ0n) is 12.3. The maximum absolute atomic E-state index is 12.6. The molecule has 0 bridgehead atoms. The highest BCUT2D eigenvalue weighted by Gasteiger charge is 2.20. The van der Waals surface area contributed by atoms with E-state index in [1.54, 1.807) is 18.2 Å². The molecule has 0 aliphatic heterocycles. The van der Waals surface area contributed by atoms with Crippen LogP contribution in [0.1, 0.15) is 31.7 Å². The highest BCUT2D eigenvalue weighted by atomic mass is 35.5. The molecule has 0 spiro atoms. The average molecular weight is 358 g/mol. The average Bonchev–Trinajstić information content (AvgIpc) is 2.49. The predicted octanol–water partition coefficient (Wildman–Crippen LogP) is 5.31. The predicted molar refractivity (Wildman–Crippen MR) is 92.4 cm³/mol. The summed E-state index contributed by atoms with van der Waals surface area (Å²) in [5.74, 6) is 0.244. The Hall–Kier alpha value is -1.23. The number of sulfonamides is 1. The topological polar surface area (TPSA) is 46.2 Å². The van der Waals surface area contributed by atoms with E-state index in [9.17, 15) is 8.42 Å². The third kappa shape index (κ3) is 3.75. The van der Waals surface area contributed by atoms with Gasteiger partial charge in [-0.25, -0.2) is 8.42 Å². The molecule has 0 radical (unpaired) electrons. The molecule has 1 N–H and O–H groups in total. The number of nitrogens with one attached hydrogen (secondary N) is 1. The van der Waals surface area contributed by atoms with Gasteiger partial charge in [0.15, 0.2) is 0 Å². The van der Waals surface area contributed by atoms with Gasteiger partial charge < -0.3 is 0 Å². The molecule has 0 fully saturated rings. The lowest BCUT2D eigenvalue weighted by Gasteiger charge is -2.17. The smallest absolute Gasteiger partial charge is 0.263 e. The Kier molecular flexibility index (Phi) is 5.37. The second-order valence-electron chi connectivity index (χ2n) is 5.08. The van der Waals surface area contributed by atoms with Crippen molar-refractivity contribution in [2.24, 2.45) is 0 Å². The number of para-hydroxylation sites is 1. The number of anilines is 1. The Morgan fingerprint density at radius 1 is 1.14 bits per heavy atom. The van der Waals surface area contributed by atoms with Gasteiger partial charge in [0.05, 0.1) is 10.7 Å². The minimum absolute atomic E-state index is 0.0272. The van der Waals surface area contributed by atoms with Crippen LogP contribution in [0.2, 0.25) is 10.0 Å². The summed E-state index contributed by atoms with van der Waals surface area (Å²) >= 11 is 11.9. The van der Waals surface area contributed by atoms with Crippen LogP contribution < -0.4 is 4.72 Å². The van der Waals surface area contributed by atoms with Gasteiger partial charge in [-0.2, -0.15) is 0 Å². The molecule has 0 heterocycles. The molecule has 0 saturated heterocycles. The van der Waals surface area contributed by atoms with E-state index in [1.165, 1.54) is 12.1 Å². The fraction of sp³-hybridized carbons (Fsp3) is 0.250.